The molecule has 3 N–H and O–H groups in total. The van der Waals surface area contributed by atoms with E-state index < -0.39 is 0 Å². The first-order valence-corrected chi connectivity index (χ1v) is 7.76. The fourth-order valence-electron chi connectivity index (χ4n) is 2.04. The normalized spacial score (nSPS) is 15.2. The number of hydrazone groups is 1. The van der Waals surface area contributed by atoms with Crippen LogP contribution in [0.25, 0.3) is 0 Å². The van der Waals surface area contributed by atoms with Crippen molar-refractivity contribution in [2.24, 2.45) is 10.8 Å². The van der Waals surface area contributed by atoms with Crippen molar-refractivity contribution in [1.29, 1.82) is 0 Å². The molecule has 7 nitrogen and oxygen atoms in total. The highest BCUT2D eigenvalue weighted by Crippen LogP contribution is 2.15. The molecule has 1 aromatic carbocycles. The minimum atomic E-state index is -0.292. The van der Waals surface area contributed by atoms with Gasteiger partial charge in [0.1, 0.15) is 10.7 Å². The van der Waals surface area contributed by atoms with Crippen molar-refractivity contribution >= 4 is 34.5 Å². The molecule has 0 spiro atoms. The molecule has 0 unspecified atom stereocenters. The van der Waals surface area contributed by atoms with Crippen molar-refractivity contribution < 1.29 is 14.3 Å². The molecular weight excluding hydrogens is 316 g/mol. The number of anilines is 1. The second-order valence-electron chi connectivity index (χ2n) is 4.80. The number of nitrogens with one attached hydrogen (secondary N) is 1. The Labute approximate surface area is 140 Å². The van der Waals surface area contributed by atoms with Gasteiger partial charge in [-0.3, -0.25) is 10.2 Å². The molecule has 1 saturated heterocycles. The van der Waals surface area contributed by atoms with E-state index in [1.807, 2.05) is 19.1 Å². The molecule has 0 atom stereocenters. The number of morpholine rings is 1. The fraction of sp³-hybridized carbons (Fsp3) is 0.400. The zero-order valence-corrected chi connectivity index (χ0v) is 13.8. The average Bonchev–Trinajstić information content (AvgIpc) is 2.57. The van der Waals surface area contributed by atoms with E-state index in [1.54, 1.807) is 17.0 Å². The lowest BCUT2D eigenvalue weighted by atomic mass is 10.3. The standard InChI is InChI=1S/C15H20N4O3S/c1-2-22-12-5-3-11(4-6-12)17-18-13(14(16)23)15(20)19-7-9-21-10-8-19/h3-6,17H,2,7-10H2,1H3,(H2,16,23). The molecule has 0 aliphatic carbocycles. The molecule has 1 aromatic rings. The van der Waals surface area contributed by atoms with Gasteiger partial charge in [0.2, 0.25) is 0 Å². The highest BCUT2D eigenvalue weighted by molar-refractivity contribution is 7.82. The Morgan fingerprint density at radius 3 is 2.61 bits per heavy atom. The van der Waals surface area contributed by atoms with E-state index in [-0.39, 0.29) is 16.6 Å². The van der Waals surface area contributed by atoms with Crippen LogP contribution in [0.4, 0.5) is 5.69 Å². The number of thiocarbonyl (C=S) groups is 1. The first kappa shape index (κ1) is 17.2. The van der Waals surface area contributed by atoms with Crippen LogP contribution in [0.2, 0.25) is 0 Å². The number of benzene rings is 1. The molecule has 0 radical (unpaired) electrons. The van der Waals surface area contributed by atoms with Gasteiger partial charge in [0.15, 0.2) is 5.71 Å². The number of amides is 1. The van der Waals surface area contributed by atoms with Crippen molar-refractivity contribution in [3.8, 4) is 5.75 Å². The third-order valence-corrected chi connectivity index (χ3v) is 3.39. The molecule has 2 rings (SSSR count). The Hall–Kier alpha value is -2.19. The number of carbonyl (C=O) groups is 1. The summed E-state index contributed by atoms with van der Waals surface area (Å²) in [7, 11) is 0. The molecule has 0 saturated carbocycles. The van der Waals surface area contributed by atoms with Crippen LogP contribution in [0.15, 0.2) is 29.4 Å². The largest absolute Gasteiger partial charge is 0.494 e. The second-order valence-corrected chi connectivity index (χ2v) is 5.24. The number of nitrogens with zero attached hydrogens (tertiary/aromatic N) is 2. The number of hydrogen-bond acceptors (Lipinski definition) is 6. The predicted octanol–water partition coefficient (Wildman–Crippen LogP) is 0.998. The summed E-state index contributed by atoms with van der Waals surface area (Å²) in [5.41, 5.74) is 9.18. The second kappa shape index (κ2) is 8.44. The lowest BCUT2D eigenvalue weighted by Gasteiger charge is -2.26. The van der Waals surface area contributed by atoms with E-state index in [0.717, 1.165) is 5.75 Å². The van der Waals surface area contributed by atoms with Crippen LogP contribution in [0.3, 0.4) is 0 Å². The van der Waals surface area contributed by atoms with Gasteiger partial charge in [0.25, 0.3) is 5.91 Å². The Balaban J connectivity index is 2.06. The molecule has 1 fully saturated rings. The molecule has 0 aromatic heterocycles. The summed E-state index contributed by atoms with van der Waals surface area (Å²) < 4.78 is 10.6. The molecule has 1 heterocycles. The van der Waals surface area contributed by atoms with E-state index >= 15 is 0 Å². The maximum atomic E-state index is 12.4. The molecular formula is C15H20N4O3S. The Bertz CT molecular complexity index is 583. The quantitative estimate of drug-likeness (QED) is 0.458. The summed E-state index contributed by atoms with van der Waals surface area (Å²) in [5, 5.41) is 4.07. The molecule has 1 aliphatic heterocycles. The topological polar surface area (TPSA) is 89.2 Å². The van der Waals surface area contributed by atoms with Crippen LogP contribution >= 0.6 is 12.2 Å². The van der Waals surface area contributed by atoms with Crippen LogP contribution < -0.4 is 15.9 Å². The van der Waals surface area contributed by atoms with Crippen molar-refractivity contribution in [2.75, 3.05) is 38.3 Å². The minimum Gasteiger partial charge on any atom is -0.494 e. The van der Waals surface area contributed by atoms with Gasteiger partial charge in [-0.1, -0.05) is 12.2 Å². The van der Waals surface area contributed by atoms with E-state index in [9.17, 15) is 4.79 Å². The summed E-state index contributed by atoms with van der Waals surface area (Å²) in [4.78, 5) is 14.0. The van der Waals surface area contributed by atoms with Gasteiger partial charge in [0, 0.05) is 13.1 Å². The van der Waals surface area contributed by atoms with E-state index in [0.29, 0.717) is 38.6 Å². The number of ether oxygens (including phenoxy) is 2. The molecule has 1 aliphatic rings. The van der Waals surface area contributed by atoms with Crippen LogP contribution in [-0.4, -0.2) is 54.4 Å². The monoisotopic (exact) mass is 336 g/mol. The van der Waals surface area contributed by atoms with Crippen LogP contribution in [-0.2, 0) is 9.53 Å². The lowest BCUT2D eigenvalue weighted by molar-refractivity contribution is -0.127. The maximum Gasteiger partial charge on any atom is 0.277 e. The molecule has 23 heavy (non-hydrogen) atoms. The summed E-state index contributed by atoms with van der Waals surface area (Å²) in [6.07, 6.45) is 0. The van der Waals surface area contributed by atoms with Crippen molar-refractivity contribution in [2.45, 2.75) is 6.92 Å². The van der Waals surface area contributed by atoms with E-state index in [1.165, 1.54) is 0 Å². The molecule has 1 amide bonds. The van der Waals surface area contributed by atoms with Crippen molar-refractivity contribution in [3.05, 3.63) is 24.3 Å². The summed E-state index contributed by atoms with van der Waals surface area (Å²) in [5.74, 6) is 0.472. The number of carbonyl (C=O) groups excluding carboxylic acids is 1. The van der Waals surface area contributed by atoms with Gasteiger partial charge >= 0.3 is 0 Å². The highest BCUT2D eigenvalue weighted by Gasteiger charge is 2.23. The molecule has 124 valence electrons. The fourth-order valence-corrected chi connectivity index (χ4v) is 2.17. The SMILES string of the molecule is CCOc1ccc(NN=C(C(=O)N2CCOCC2)C(N)=S)cc1. The van der Waals surface area contributed by atoms with Crippen LogP contribution in [0.5, 0.6) is 5.75 Å². The molecule has 0 bridgehead atoms. The van der Waals surface area contributed by atoms with Gasteiger partial charge in [-0.2, -0.15) is 5.10 Å². The highest BCUT2D eigenvalue weighted by atomic mass is 32.1. The lowest BCUT2D eigenvalue weighted by Crippen LogP contribution is -2.47. The third-order valence-electron chi connectivity index (χ3n) is 3.20. The first-order valence-electron chi connectivity index (χ1n) is 7.35. The zero-order valence-electron chi connectivity index (χ0n) is 12.9. The summed E-state index contributed by atoms with van der Waals surface area (Å²) >= 11 is 4.94. The van der Waals surface area contributed by atoms with Gasteiger partial charge in [-0.15, -0.1) is 0 Å². The first-order chi connectivity index (χ1) is 11.1. The summed E-state index contributed by atoms with van der Waals surface area (Å²) in [6.45, 7) is 4.53. The Kier molecular flexibility index (Phi) is 6.30. The smallest absolute Gasteiger partial charge is 0.277 e. The van der Waals surface area contributed by atoms with Crippen LogP contribution in [0, 0.1) is 0 Å². The third kappa shape index (κ3) is 4.90. The predicted molar refractivity (Wildman–Crippen MR) is 92.9 cm³/mol. The van der Waals surface area contributed by atoms with Crippen molar-refractivity contribution in [1.82, 2.24) is 4.90 Å². The maximum absolute atomic E-state index is 12.4. The Morgan fingerprint density at radius 2 is 2.04 bits per heavy atom. The average molecular weight is 336 g/mol. The van der Waals surface area contributed by atoms with Gasteiger partial charge in [-0.25, -0.2) is 0 Å². The van der Waals surface area contributed by atoms with Crippen molar-refractivity contribution in [3.63, 3.8) is 0 Å². The molecule has 8 heteroatoms. The number of rotatable bonds is 6. The van der Waals surface area contributed by atoms with E-state index in [4.69, 9.17) is 27.4 Å². The zero-order chi connectivity index (χ0) is 16.7. The van der Waals surface area contributed by atoms with E-state index in [2.05, 4.69) is 10.5 Å². The number of nitrogens with two attached hydrogens (primary N) is 1. The van der Waals surface area contributed by atoms with Gasteiger partial charge in [-0.05, 0) is 31.2 Å². The Morgan fingerprint density at radius 1 is 1.39 bits per heavy atom. The van der Waals surface area contributed by atoms with Crippen LogP contribution in [0.1, 0.15) is 6.92 Å². The van der Waals surface area contributed by atoms with Gasteiger partial charge in [0.05, 0.1) is 25.5 Å². The summed E-state index contributed by atoms with van der Waals surface area (Å²) in [6, 6.07) is 7.22. The number of hydrogen-bond donors (Lipinski definition) is 2. The minimum absolute atomic E-state index is 0.0378. The van der Waals surface area contributed by atoms with Gasteiger partial charge < -0.3 is 20.1 Å².